The van der Waals surface area contributed by atoms with Crippen LogP contribution >= 0.6 is 0 Å². The van der Waals surface area contributed by atoms with Gasteiger partial charge in [0, 0.05) is 18.8 Å². The highest BCUT2D eigenvalue weighted by Crippen LogP contribution is 2.23. The predicted octanol–water partition coefficient (Wildman–Crippen LogP) is 2.61. The van der Waals surface area contributed by atoms with E-state index in [4.69, 9.17) is 0 Å². The van der Waals surface area contributed by atoms with E-state index in [9.17, 15) is 27.7 Å². The third kappa shape index (κ3) is 4.66. The maximum absolute atomic E-state index is 13.4. The molecule has 10 heteroatoms. The largest absolute Gasteiger partial charge is 0.325 e. The van der Waals surface area contributed by atoms with E-state index in [2.05, 4.69) is 5.32 Å². The number of likely N-dealkylation sites (N-methyl/N-ethyl adjacent to an activating group) is 1. The first-order valence-electron chi connectivity index (χ1n) is 7.79. The van der Waals surface area contributed by atoms with E-state index >= 15 is 0 Å². The summed E-state index contributed by atoms with van der Waals surface area (Å²) in [6.45, 7) is 3.14. The number of nitro groups is 1. The third-order valence-corrected chi connectivity index (χ3v) is 5.66. The van der Waals surface area contributed by atoms with Crippen molar-refractivity contribution in [2.45, 2.75) is 18.7 Å². The Kier molecular flexibility index (Phi) is 5.91. The molecular weight excluding hydrogens is 377 g/mol. The van der Waals surface area contributed by atoms with E-state index in [1.165, 1.54) is 0 Å². The van der Waals surface area contributed by atoms with Gasteiger partial charge in [0.1, 0.15) is 0 Å². The van der Waals surface area contributed by atoms with Gasteiger partial charge in [0.25, 0.3) is 0 Å². The summed E-state index contributed by atoms with van der Waals surface area (Å²) in [6, 6.07) is 7.70. The number of nitrogens with zero attached hydrogens (tertiary/aromatic N) is 2. The van der Waals surface area contributed by atoms with Crippen LogP contribution in [0.5, 0.6) is 0 Å². The number of halogens is 1. The summed E-state index contributed by atoms with van der Waals surface area (Å²) >= 11 is 0. The van der Waals surface area contributed by atoms with Gasteiger partial charge >= 0.3 is 5.69 Å². The Bertz CT molecular complexity index is 1010. The molecule has 27 heavy (non-hydrogen) atoms. The zero-order valence-electron chi connectivity index (χ0n) is 14.9. The molecule has 0 saturated heterocycles. The Balaban J connectivity index is 2.20. The first-order valence-corrected chi connectivity index (χ1v) is 9.24. The zero-order chi connectivity index (χ0) is 20.4. The molecule has 0 saturated carbocycles. The fourth-order valence-corrected chi connectivity index (χ4v) is 3.47. The minimum absolute atomic E-state index is 0.474. The highest BCUT2D eigenvalue weighted by molar-refractivity contribution is 7.89. The van der Waals surface area contributed by atoms with Crippen LogP contribution in [0.1, 0.15) is 11.1 Å². The molecule has 0 radical (unpaired) electrons. The van der Waals surface area contributed by atoms with E-state index in [0.717, 1.165) is 28.5 Å². The standard InChI is InChI=1S/C17H18FN3O5S/c1-11-4-5-12(2)15(8-11)19-17(22)10-20(3)27(25,26)13-6-7-14(18)16(9-13)21(23)24/h4-9H,10H2,1-3H3,(H,19,22). The highest BCUT2D eigenvalue weighted by atomic mass is 32.2. The van der Waals surface area contributed by atoms with Crippen LogP contribution in [0.25, 0.3) is 0 Å². The van der Waals surface area contributed by atoms with Gasteiger partial charge < -0.3 is 5.32 Å². The van der Waals surface area contributed by atoms with Crippen LogP contribution in [0.2, 0.25) is 0 Å². The number of carbonyl (C=O) groups is 1. The summed E-state index contributed by atoms with van der Waals surface area (Å²) in [5.41, 5.74) is 1.34. The number of rotatable bonds is 6. The van der Waals surface area contributed by atoms with Crippen molar-refractivity contribution < 1.29 is 22.5 Å². The molecule has 0 atom stereocenters. The second-order valence-corrected chi connectivity index (χ2v) is 8.04. The van der Waals surface area contributed by atoms with Crippen molar-refractivity contribution in [3.63, 3.8) is 0 Å². The van der Waals surface area contributed by atoms with Crippen LogP contribution in [0.15, 0.2) is 41.3 Å². The molecule has 2 aromatic carbocycles. The molecule has 2 rings (SSSR count). The number of hydrogen-bond donors (Lipinski definition) is 1. The van der Waals surface area contributed by atoms with Gasteiger partial charge in [0.15, 0.2) is 0 Å². The van der Waals surface area contributed by atoms with Gasteiger partial charge in [-0.1, -0.05) is 12.1 Å². The second-order valence-electron chi connectivity index (χ2n) is 6.00. The van der Waals surface area contributed by atoms with Crippen molar-refractivity contribution in [2.75, 3.05) is 18.9 Å². The third-order valence-electron chi connectivity index (χ3n) is 3.86. The monoisotopic (exact) mass is 395 g/mol. The highest BCUT2D eigenvalue weighted by Gasteiger charge is 2.26. The normalized spacial score (nSPS) is 11.4. The lowest BCUT2D eigenvalue weighted by atomic mass is 10.1. The molecule has 8 nitrogen and oxygen atoms in total. The van der Waals surface area contributed by atoms with Crippen molar-refractivity contribution in [2.24, 2.45) is 0 Å². The number of benzene rings is 2. The summed E-state index contributed by atoms with van der Waals surface area (Å²) in [4.78, 5) is 21.5. The minimum Gasteiger partial charge on any atom is -0.325 e. The molecule has 144 valence electrons. The van der Waals surface area contributed by atoms with E-state index in [1.54, 1.807) is 13.0 Å². The topological polar surface area (TPSA) is 110 Å². The maximum Gasteiger partial charge on any atom is 0.306 e. The number of nitrogens with one attached hydrogen (secondary N) is 1. The van der Waals surface area contributed by atoms with Gasteiger partial charge in [-0.15, -0.1) is 0 Å². The van der Waals surface area contributed by atoms with Crippen LogP contribution in [0.3, 0.4) is 0 Å². The molecule has 0 fully saturated rings. The molecule has 0 heterocycles. The average Bonchev–Trinajstić information content (AvgIpc) is 2.57. The maximum atomic E-state index is 13.4. The first-order chi connectivity index (χ1) is 12.5. The summed E-state index contributed by atoms with van der Waals surface area (Å²) in [5.74, 6) is -1.72. The van der Waals surface area contributed by atoms with E-state index in [1.807, 2.05) is 19.1 Å². The number of hydrogen-bond acceptors (Lipinski definition) is 5. The van der Waals surface area contributed by atoms with Gasteiger partial charge in [0.2, 0.25) is 21.7 Å². The van der Waals surface area contributed by atoms with Crippen molar-refractivity contribution in [1.82, 2.24) is 4.31 Å². The fraction of sp³-hybridized carbons (Fsp3) is 0.235. The SMILES string of the molecule is Cc1ccc(C)c(NC(=O)CN(C)S(=O)(=O)c2ccc(F)c([N+](=O)[O-])c2)c1. The summed E-state index contributed by atoms with van der Waals surface area (Å²) in [5, 5.41) is 13.4. The van der Waals surface area contributed by atoms with Gasteiger partial charge in [-0.2, -0.15) is 8.70 Å². The summed E-state index contributed by atoms with van der Waals surface area (Å²) < 4.78 is 39.2. The van der Waals surface area contributed by atoms with Gasteiger partial charge in [-0.3, -0.25) is 14.9 Å². The summed E-state index contributed by atoms with van der Waals surface area (Å²) in [6.07, 6.45) is 0. The predicted molar refractivity (Wildman–Crippen MR) is 97.4 cm³/mol. The van der Waals surface area contributed by atoms with Crippen LogP contribution in [-0.2, 0) is 14.8 Å². The Hall–Kier alpha value is -2.85. The Morgan fingerprint density at radius 2 is 1.89 bits per heavy atom. The lowest BCUT2D eigenvalue weighted by Crippen LogP contribution is -2.35. The van der Waals surface area contributed by atoms with Crippen LogP contribution in [0, 0.1) is 29.8 Å². The Labute approximate surface area is 155 Å². The van der Waals surface area contributed by atoms with Gasteiger partial charge in [-0.05, 0) is 43.2 Å². The fourth-order valence-electron chi connectivity index (χ4n) is 2.32. The number of anilines is 1. The lowest BCUT2D eigenvalue weighted by molar-refractivity contribution is -0.387. The smallest absolute Gasteiger partial charge is 0.306 e. The Morgan fingerprint density at radius 1 is 1.22 bits per heavy atom. The van der Waals surface area contributed by atoms with E-state index in [-0.39, 0.29) is 0 Å². The van der Waals surface area contributed by atoms with Crippen molar-refractivity contribution in [3.8, 4) is 0 Å². The molecule has 1 amide bonds. The molecule has 0 unspecified atom stereocenters. The van der Waals surface area contributed by atoms with Gasteiger partial charge in [0.05, 0.1) is 16.4 Å². The molecule has 0 spiro atoms. The number of aryl methyl sites for hydroxylation is 2. The molecule has 2 aromatic rings. The van der Waals surface area contributed by atoms with Crippen molar-refractivity contribution >= 4 is 27.3 Å². The molecule has 0 aromatic heterocycles. The zero-order valence-corrected chi connectivity index (χ0v) is 15.7. The van der Waals surface area contributed by atoms with Crippen LogP contribution < -0.4 is 5.32 Å². The number of amides is 1. The molecule has 0 bridgehead atoms. The number of nitro benzene ring substituents is 1. The minimum atomic E-state index is -4.22. The van der Waals surface area contributed by atoms with Gasteiger partial charge in [-0.25, -0.2) is 8.42 Å². The quantitative estimate of drug-likeness (QED) is 0.597. The van der Waals surface area contributed by atoms with Crippen molar-refractivity contribution in [1.29, 1.82) is 0 Å². The van der Waals surface area contributed by atoms with Crippen molar-refractivity contribution in [3.05, 3.63) is 63.5 Å². The molecule has 0 aliphatic heterocycles. The van der Waals surface area contributed by atoms with Crippen LogP contribution in [-0.4, -0.2) is 37.1 Å². The average molecular weight is 395 g/mol. The number of sulfonamides is 1. The summed E-state index contributed by atoms with van der Waals surface area (Å²) in [7, 11) is -3.06. The molecular formula is C17H18FN3O5S. The lowest BCUT2D eigenvalue weighted by Gasteiger charge is -2.17. The van der Waals surface area contributed by atoms with E-state index < -0.39 is 43.8 Å². The number of carbonyl (C=O) groups excluding carboxylic acids is 1. The van der Waals surface area contributed by atoms with E-state index in [0.29, 0.717) is 17.8 Å². The molecule has 0 aliphatic rings. The Morgan fingerprint density at radius 3 is 2.52 bits per heavy atom. The molecule has 1 N–H and O–H groups in total. The second kappa shape index (κ2) is 7.80. The first kappa shape index (κ1) is 20.5. The van der Waals surface area contributed by atoms with Crippen LogP contribution in [0.4, 0.5) is 15.8 Å². The molecule has 0 aliphatic carbocycles.